The van der Waals surface area contributed by atoms with Gasteiger partial charge in [0, 0.05) is 18.2 Å². The maximum atomic E-state index is 5.90. The Hall–Kier alpha value is -1.48. The molecule has 0 saturated carbocycles. The molecule has 1 atom stereocenters. The van der Waals surface area contributed by atoms with Crippen LogP contribution in [0.5, 0.6) is 11.5 Å². The van der Waals surface area contributed by atoms with Crippen LogP contribution in [0.15, 0.2) is 30.9 Å². The van der Waals surface area contributed by atoms with Gasteiger partial charge in [0.25, 0.3) is 0 Å². The van der Waals surface area contributed by atoms with Gasteiger partial charge in [0.15, 0.2) is 0 Å². The Morgan fingerprint density at radius 1 is 1.53 bits per heavy atom. The molecule has 1 unspecified atom stereocenters. The topological polar surface area (TPSA) is 21.7 Å². The van der Waals surface area contributed by atoms with E-state index >= 15 is 0 Å². The number of hydrogen-bond donors (Lipinski definition) is 0. The highest BCUT2D eigenvalue weighted by Crippen LogP contribution is 2.33. The van der Waals surface area contributed by atoms with Gasteiger partial charge in [-0.05, 0) is 31.5 Å². The van der Waals surface area contributed by atoms with Gasteiger partial charge in [0.2, 0.25) is 0 Å². The molecule has 3 nitrogen and oxygen atoms in total. The lowest BCUT2D eigenvalue weighted by Gasteiger charge is -2.34. The fraction of sp³-hybridized carbons (Fsp3) is 0.500. The summed E-state index contributed by atoms with van der Waals surface area (Å²) >= 11 is 0. The van der Waals surface area contributed by atoms with Crippen molar-refractivity contribution < 1.29 is 9.47 Å². The van der Waals surface area contributed by atoms with Crippen LogP contribution in [0.4, 0.5) is 0 Å². The highest BCUT2D eigenvalue weighted by molar-refractivity contribution is 5.46. The van der Waals surface area contributed by atoms with Crippen molar-refractivity contribution in [2.45, 2.75) is 25.8 Å². The summed E-state index contributed by atoms with van der Waals surface area (Å²) in [6, 6.07) is 6.40. The van der Waals surface area contributed by atoms with Gasteiger partial charge in [-0.25, -0.2) is 0 Å². The van der Waals surface area contributed by atoms with Crippen LogP contribution < -0.4 is 9.47 Å². The minimum atomic E-state index is 0.404. The summed E-state index contributed by atoms with van der Waals surface area (Å²) in [4.78, 5) is 2.43. The molecular formula is C16H23NO2. The standard InChI is InChI=1S/C16H23NO2/c1-4-9-17(10-5-2)13-11-14-15(18-3)7-6-8-16(14)19-12-13/h4,6-8,13H,1,5,9-12H2,2-3H3. The van der Waals surface area contributed by atoms with Gasteiger partial charge < -0.3 is 9.47 Å². The summed E-state index contributed by atoms with van der Waals surface area (Å²) in [5.41, 5.74) is 1.19. The number of ether oxygens (including phenoxy) is 2. The summed E-state index contributed by atoms with van der Waals surface area (Å²) in [5, 5.41) is 0. The fourth-order valence-electron chi connectivity index (χ4n) is 2.66. The average Bonchev–Trinajstić information content (AvgIpc) is 2.46. The second-order valence-electron chi connectivity index (χ2n) is 4.89. The van der Waals surface area contributed by atoms with Crippen molar-refractivity contribution in [3.05, 3.63) is 36.4 Å². The second-order valence-corrected chi connectivity index (χ2v) is 4.89. The highest BCUT2D eigenvalue weighted by atomic mass is 16.5. The van der Waals surface area contributed by atoms with Crippen molar-refractivity contribution in [2.24, 2.45) is 0 Å². The van der Waals surface area contributed by atoms with Crippen LogP contribution in [-0.2, 0) is 6.42 Å². The van der Waals surface area contributed by atoms with Gasteiger partial charge in [-0.2, -0.15) is 0 Å². The molecule has 0 fully saturated rings. The van der Waals surface area contributed by atoms with Crippen molar-refractivity contribution in [3.63, 3.8) is 0 Å². The monoisotopic (exact) mass is 261 g/mol. The molecule has 1 heterocycles. The number of nitrogens with zero attached hydrogens (tertiary/aromatic N) is 1. The van der Waals surface area contributed by atoms with E-state index in [4.69, 9.17) is 9.47 Å². The van der Waals surface area contributed by atoms with Crippen molar-refractivity contribution in [2.75, 3.05) is 26.8 Å². The van der Waals surface area contributed by atoms with E-state index in [2.05, 4.69) is 18.4 Å². The van der Waals surface area contributed by atoms with Crippen LogP contribution in [0.25, 0.3) is 0 Å². The Kier molecular flexibility index (Phi) is 4.86. The molecule has 1 aromatic carbocycles. The van der Waals surface area contributed by atoms with Gasteiger partial charge in [-0.3, -0.25) is 4.90 Å². The number of methoxy groups -OCH3 is 1. The molecule has 0 saturated heterocycles. The van der Waals surface area contributed by atoms with E-state index in [9.17, 15) is 0 Å². The first kappa shape index (κ1) is 13.9. The molecule has 0 aliphatic carbocycles. The summed E-state index contributed by atoms with van der Waals surface area (Å²) < 4.78 is 11.3. The molecule has 0 radical (unpaired) electrons. The minimum absolute atomic E-state index is 0.404. The first-order valence-corrected chi connectivity index (χ1v) is 6.93. The van der Waals surface area contributed by atoms with E-state index in [-0.39, 0.29) is 0 Å². The van der Waals surface area contributed by atoms with E-state index < -0.39 is 0 Å². The number of fused-ring (bicyclic) bond motifs is 1. The quantitative estimate of drug-likeness (QED) is 0.735. The van der Waals surface area contributed by atoms with E-state index in [1.807, 2.05) is 24.3 Å². The zero-order chi connectivity index (χ0) is 13.7. The molecule has 1 aromatic rings. The lowest BCUT2D eigenvalue weighted by molar-refractivity contribution is 0.128. The predicted octanol–water partition coefficient (Wildman–Crippen LogP) is 2.90. The summed E-state index contributed by atoms with van der Waals surface area (Å²) in [6.07, 6.45) is 4.09. The molecule has 2 rings (SSSR count). The molecule has 1 aliphatic heterocycles. The summed E-state index contributed by atoms with van der Waals surface area (Å²) in [6.45, 7) is 8.78. The van der Waals surface area contributed by atoms with Crippen molar-refractivity contribution in [1.29, 1.82) is 0 Å². The maximum absolute atomic E-state index is 5.90. The van der Waals surface area contributed by atoms with Crippen LogP contribution >= 0.6 is 0 Å². The van der Waals surface area contributed by atoms with Gasteiger partial charge >= 0.3 is 0 Å². The molecule has 3 heteroatoms. The molecule has 0 aromatic heterocycles. The number of hydrogen-bond acceptors (Lipinski definition) is 3. The summed E-state index contributed by atoms with van der Waals surface area (Å²) in [7, 11) is 1.72. The van der Waals surface area contributed by atoms with Crippen LogP contribution in [-0.4, -0.2) is 37.7 Å². The molecular weight excluding hydrogens is 238 g/mol. The Balaban J connectivity index is 2.17. The third-order valence-electron chi connectivity index (χ3n) is 3.57. The Morgan fingerprint density at radius 2 is 2.37 bits per heavy atom. The molecule has 104 valence electrons. The number of benzene rings is 1. The molecule has 1 aliphatic rings. The third kappa shape index (κ3) is 3.10. The lowest BCUT2D eigenvalue weighted by atomic mass is 10.00. The van der Waals surface area contributed by atoms with E-state index in [0.717, 1.165) is 44.0 Å². The van der Waals surface area contributed by atoms with E-state index in [1.54, 1.807) is 7.11 Å². The second kappa shape index (κ2) is 6.62. The van der Waals surface area contributed by atoms with Crippen molar-refractivity contribution >= 4 is 0 Å². The molecule has 19 heavy (non-hydrogen) atoms. The van der Waals surface area contributed by atoms with Gasteiger partial charge in [-0.1, -0.05) is 19.1 Å². The first-order chi connectivity index (χ1) is 9.30. The normalized spacial score (nSPS) is 17.7. The molecule has 0 amide bonds. The van der Waals surface area contributed by atoms with Crippen LogP contribution in [0.1, 0.15) is 18.9 Å². The highest BCUT2D eigenvalue weighted by Gasteiger charge is 2.26. The molecule has 0 N–H and O–H groups in total. The minimum Gasteiger partial charge on any atom is -0.496 e. The fourth-order valence-corrected chi connectivity index (χ4v) is 2.66. The van der Waals surface area contributed by atoms with Crippen molar-refractivity contribution in [1.82, 2.24) is 4.90 Å². The van der Waals surface area contributed by atoms with Crippen LogP contribution in [0, 0.1) is 0 Å². The smallest absolute Gasteiger partial charge is 0.126 e. The average molecular weight is 261 g/mol. The zero-order valence-electron chi connectivity index (χ0n) is 11.9. The Labute approximate surface area is 115 Å². The van der Waals surface area contributed by atoms with Crippen molar-refractivity contribution in [3.8, 4) is 11.5 Å². The SMILES string of the molecule is C=CCN(CCC)C1COc2cccc(OC)c2C1. The largest absolute Gasteiger partial charge is 0.496 e. The predicted molar refractivity (Wildman–Crippen MR) is 78.0 cm³/mol. The van der Waals surface area contributed by atoms with E-state index in [1.165, 1.54) is 5.56 Å². The molecule has 0 spiro atoms. The van der Waals surface area contributed by atoms with E-state index in [0.29, 0.717) is 6.04 Å². The third-order valence-corrected chi connectivity index (χ3v) is 3.57. The maximum Gasteiger partial charge on any atom is 0.126 e. The first-order valence-electron chi connectivity index (χ1n) is 6.93. The Bertz CT molecular complexity index is 417. The molecule has 0 bridgehead atoms. The van der Waals surface area contributed by atoms with Crippen LogP contribution in [0.3, 0.4) is 0 Å². The summed E-state index contributed by atoms with van der Waals surface area (Å²) in [5.74, 6) is 1.89. The Morgan fingerprint density at radius 3 is 3.05 bits per heavy atom. The van der Waals surface area contributed by atoms with Crippen LogP contribution in [0.2, 0.25) is 0 Å². The lowest BCUT2D eigenvalue weighted by Crippen LogP contribution is -2.43. The van der Waals surface area contributed by atoms with Gasteiger partial charge in [0.05, 0.1) is 7.11 Å². The zero-order valence-corrected chi connectivity index (χ0v) is 11.9. The van der Waals surface area contributed by atoms with Gasteiger partial charge in [0.1, 0.15) is 18.1 Å². The number of rotatable bonds is 6. The van der Waals surface area contributed by atoms with Gasteiger partial charge in [-0.15, -0.1) is 6.58 Å².